The van der Waals surface area contributed by atoms with Gasteiger partial charge >= 0.3 is 5.97 Å². The Morgan fingerprint density at radius 1 is 1.35 bits per heavy atom. The van der Waals surface area contributed by atoms with Gasteiger partial charge in [-0.15, -0.1) is 5.10 Å². The molecule has 0 saturated carbocycles. The van der Waals surface area contributed by atoms with Crippen molar-refractivity contribution < 1.29 is 14.7 Å². The van der Waals surface area contributed by atoms with Gasteiger partial charge in [0.1, 0.15) is 0 Å². The summed E-state index contributed by atoms with van der Waals surface area (Å²) in [5.74, 6) is -1.34. The second kappa shape index (κ2) is 6.29. The van der Waals surface area contributed by atoms with Gasteiger partial charge in [-0.1, -0.05) is 17.3 Å². The summed E-state index contributed by atoms with van der Waals surface area (Å²) in [4.78, 5) is 22.5. The van der Waals surface area contributed by atoms with Gasteiger partial charge in [0.15, 0.2) is 5.69 Å². The minimum absolute atomic E-state index is 0.123. The van der Waals surface area contributed by atoms with Gasteiger partial charge in [0.2, 0.25) is 0 Å². The molecule has 0 atom stereocenters. The average Bonchev–Trinajstić information content (AvgIpc) is 2.88. The van der Waals surface area contributed by atoms with E-state index in [1.165, 1.54) is 10.9 Å². The lowest BCUT2D eigenvalue weighted by molar-refractivity contribution is 0.0690. The predicted molar refractivity (Wildman–Crippen MR) is 73.5 cm³/mol. The number of nitrogens with one attached hydrogen (secondary N) is 1. The highest BCUT2D eigenvalue weighted by atomic mass is 79.9. The summed E-state index contributed by atoms with van der Waals surface area (Å²) in [6, 6.07) is 7.09. The summed E-state index contributed by atoms with van der Waals surface area (Å²) in [6.45, 7) is 0.666. The van der Waals surface area contributed by atoms with Crippen LogP contribution in [-0.2, 0) is 6.54 Å². The first-order valence-electron chi connectivity index (χ1n) is 5.74. The SMILES string of the molecule is O=C(O)c1cn(CCNC(=O)c2ccccc2Br)nn1. The molecule has 1 aromatic carbocycles. The van der Waals surface area contributed by atoms with Crippen LogP contribution in [-0.4, -0.2) is 38.5 Å². The Kier molecular flexibility index (Phi) is 4.46. The fourth-order valence-corrected chi connectivity index (χ4v) is 2.00. The zero-order valence-electron chi connectivity index (χ0n) is 10.3. The topological polar surface area (TPSA) is 97.1 Å². The Labute approximate surface area is 122 Å². The molecule has 8 heteroatoms. The number of rotatable bonds is 5. The lowest BCUT2D eigenvalue weighted by Crippen LogP contribution is -2.27. The monoisotopic (exact) mass is 338 g/mol. The van der Waals surface area contributed by atoms with Crippen molar-refractivity contribution >= 4 is 27.8 Å². The maximum absolute atomic E-state index is 11.9. The molecule has 2 N–H and O–H groups in total. The zero-order valence-corrected chi connectivity index (χ0v) is 11.9. The van der Waals surface area contributed by atoms with E-state index in [0.717, 1.165) is 0 Å². The molecule has 2 aromatic rings. The summed E-state index contributed by atoms with van der Waals surface area (Å²) < 4.78 is 2.08. The van der Waals surface area contributed by atoms with Gasteiger partial charge in [-0.3, -0.25) is 4.79 Å². The number of benzene rings is 1. The number of hydrogen-bond donors (Lipinski definition) is 2. The third kappa shape index (κ3) is 3.41. The van der Waals surface area contributed by atoms with E-state index < -0.39 is 5.97 Å². The molecular formula is C12H11BrN4O3. The standard InChI is InChI=1S/C12H11BrN4O3/c13-9-4-2-1-3-8(9)11(18)14-5-6-17-7-10(12(19)20)15-16-17/h1-4,7H,5-6H2,(H,14,18)(H,19,20). The average molecular weight is 339 g/mol. The molecule has 104 valence electrons. The van der Waals surface area contributed by atoms with Crippen LogP contribution in [0.3, 0.4) is 0 Å². The highest BCUT2D eigenvalue weighted by Gasteiger charge is 2.10. The molecule has 2 rings (SSSR count). The molecule has 20 heavy (non-hydrogen) atoms. The van der Waals surface area contributed by atoms with Crippen molar-refractivity contribution in [2.24, 2.45) is 0 Å². The third-order valence-electron chi connectivity index (χ3n) is 2.50. The number of carbonyl (C=O) groups is 2. The predicted octanol–water partition coefficient (Wildman–Crippen LogP) is 1.17. The minimum atomic E-state index is -1.13. The zero-order chi connectivity index (χ0) is 14.5. The van der Waals surface area contributed by atoms with Crippen molar-refractivity contribution in [3.63, 3.8) is 0 Å². The number of halogens is 1. The molecule has 0 saturated heterocycles. The van der Waals surface area contributed by atoms with Crippen LogP contribution >= 0.6 is 15.9 Å². The number of nitrogens with zero attached hydrogens (tertiary/aromatic N) is 3. The van der Waals surface area contributed by atoms with Crippen molar-refractivity contribution in [2.45, 2.75) is 6.54 Å². The van der Waals surface area contributed by atoms with E-state index in [2.05, 4.69) is 31.6 Å². The van der Waals surface area contributed by atoms with Gasteiger partial charge in [0, 0.05) is 11.0 Å². The molecule has 1 amide bonds. The van der Waals surface area contributed by atoms with Gasteiger partial charge in [-0.05, 0) is 28.1 Å². The molecule has 1 heterocycles. The van der Waals surface area contributed by atoms with Gasteiger partial charge in [0.05, 0.1) is 18.3 Å². The highest BCUT2D eigenvalue weighted by molar-refractivity contribution is 9.10. The smallest absolute Gasteiger partial charge is 0.358 e. The van der Waals surface area contributed by atoms with Gasteiger partial charge in [0.25, 0.3) is 5.91 Å². The second-order valence-electron chi connectivity index (χ2n) is 3.91. The lowest BCUT2D eigenvalue weighted by atomic mass is 10.2. The molecule has 0 spiro atoms. The number of carbonyl (C=O) groups excluding carboxylic acids is 1. The van der Waals surface area contributed by atoms with Gasteiger partial charge in [-0.25, -0.2) is 9.48 Å². The normalized spacial score (nSPS) is 10.2. The summed E-state index contributed by atoms with van der Waals surface area (Å²) in [5, 5.41) is 18.6. The van der Waals surface area contributed by atoms with E-state index in [4.69, 9.17) is 5.11 Å². The van der Waals surface area contributed by atoms with Crippen LogP contribution in [0, 0.1) is 0 Å². The Bertz CT molecular complexity index is 641. The van der Waals surface area contributed by atoms with Crippen LogP contribution in [0.4, 0.5) is 0 Å². The molecule has 0 bridgehead atoms. The van der Waals surface area contributed by atoms with E-state index in [1.54, 1.807) is 18.2 Å². The van der Waals surface area contributed by atoms with Crippen LogP contribution in [0.2, 0.25) is 0 Å². The first-order chi connectivity index (χ1) is 9.58. The van der Waals surface area contributed by atoms with Crippen LogP contribution in [0.5, 0.6) is 0 Å². The maximum Gasteiger partial charge on any atom is 0.358 e. The summed E-state index contributed by atoms with van der Waals surface area (Å²) in [6.07, 6.45) is 1.31. The van der Waals surface area contributed by atoms with Crippen molar-refractivity contribution in [3.8, 4) is 0 Å². The minimum Gasteiger partial charge on any atom is -0.476 e. The molecule has 0 unspecified atom stereocenters. The highest BCUT2D eigenvalue weighted by Crippen LogP contribution is 2.15. The van der Waals surface area contributed by atoms with E-state index in [9.17, 15) is 9.59 Å². The van der Waals surface area contributed by atoms with E-state index in [0.29, 0.717) is 23.1 Å². The molecule has 0 aliphatic heterocycles. The van der Waals surface area contributed by atoms with Crippen LogP contribution in [0.1, 0.15) is 20.8 Å². The summed E-state index contributed by atoms with van der Waals surface area (Å²) >= 11 is 3.30. The van der Waals surface area contributed by atoms with Crippen LogP contribution < -0.4 is 5.32 Å². The summed E-state index contributed by atoms with van der Waals surface area (Å²) in [5.41, 5.74) is 0.416. The van der Waals surface area contributed by atoms with Crippen molar-refractivity contribution in [2.75, 3.05) is 6.54 Å². The number of hydrogen-bond acceptors (Lipinski definition) is 4. The summed E-state index contributed by atoms with van der Waals surface area (Å²) in [7, 11) is 0. The van der Waals surface area contributed by atoms with E-state index in [1.807, 2.05) is 6.07 Å². The first kappa shape index (κ1) is 14.2. The number of aromatic carboxylic acids is 1. The first-order valence-corrected chi connectivity index (χ1v) is 6.53. The molecule has 0 fully saturated rings. The van der Waals surface area contributed by atoms with E-state index >= 15 is 0 Å². The maximum atomic E-state index is 11.9. The van der Waals surface area contributed by atoms with Crippen LogP contribution in [0.25, 0.3) is 0 Å². The third-order valence-corrected chi connectivity index (χ3v) is 3.19. The molecule has 1 aromatic heterocycles. The number of carboxylic acid groups (broad SMARTS) is 1. The molecule has 0 aliphatic carbocycles. The van der Waals surface area contributed by atoms with Gasteiger partial charge < -0.3 is 10.4 Å². The molecule has 0 aliphatic rings. The van der Waals surface area contributed by atoms with Gasteiger partial charge in [-0.2, -0.15) is 0 Å². The number of aromatic nitrogens is 3. The fraction of sp³-hybridized carbons (Fsp3) is 0.167. The Hall–Kier alpha value is -2.22. The largest absolute Gasteiger partial charge is 0.476 e. The van der Waals surface area contributed by atoms with Crippen LogP contribution in [0.15, 0.2) is 34.9 Å². The Morgan fingerprint density at radius 2 is 2.10 bits per heavy atom. The van der Waals surface area contributed by atoms with Crippen molar-refractivity contribution in [1.29, 1.82) is 0 Å². The number of amides is 1. The Balaban J connectivity index is 1.88. The van der Waals surface area contributed by atoms with E-state index in [-0.39, 0.29) is 11.6 Å². The molecule has 7 nitrogen and oxygen atoms in total. The van der Waals surface area contributed by atoms with Crippen molar-refractivity contribution in [3.05, 3.63) is 46.2 Å². The fourth-order valence-electron chi connectivity index (χ4n) is 1.53. The second-order valence-corrected chi connectivity index (χ2v) is 4.76. The lowest BCUT2D eigenvalue weighted by Gasteiger charge is -2.06. The molecular weight excluding hydrogens is 328 g/mol. The number of carboxylic acids is 1. The van der Waals surface area contributed by atoms with Crippen molar-refractivity contribution in [1.82, 2.24) is 20.3 Å². The quantitative estimate of drug-likeness (QED) is 0.852. The molecule has 0 radical (unpaired) electrons. The Morgan fingerprint density at radius 3 is 2.75 bits per heavy atom.